The Bertz CT molecular complexity index is 280. The van der Waals surface area contributed by atoms with Crippen LogP contribution in [0.25, 0.3) is 0 Å². The van der Waals surface area contributed by atoms with Gasteiger partial charge in [0.25, 0.3) is 0 Å². The summed E-state index contributed by atoms with van der Waals surface area (Å²) >= 11 is 0. The lowest BCUT2D eigenvalue weighted by atomic mass is 10.1. The quantitative estimate of drug-likeness (QED) is 0.687. The third-order valence-electron chi connectivity index (χ3n) is 2.57. The highest BCUT2D eigenvalue weighted by Crippen LogP contribution is 2.31. The lowest BCUT2D eigenvalue weighted by Gasteiger charge is -2.10. The predicted molar refractivity (Wildman–Crippen MR) is 54.1 cm³/mol. The molecular formula is C12H16O. The first-order valence-corrected chi connectivity index (χ1v) is 4.96. The molecule has 0 N–H and O–H groups in total. The van der Waals surface area contributed by atoms with Crippen molar-refractivity contribution in [3.63, 3.8) is 0 Å². The van der Waals surface area contributed by atoms with E-state index in [-0.39, 0.29) is 0 Å². The number of hydrogen-bond donors (Lipinski definition) is 0. The van der Waals surface area contributed by atoms with Gasteiger partial charge >= 0.3 is 0 Å². The molecule has 1 saturated carbocycles. The second-order valence-electron chi connectivity index (χ2n) is 3.98. The maximum atomic E-state index is 5.79. The van der Waals surface area contributed by atoms with Gasteiger partial charge < -0.3 is 4.74 Å². The molecule has 1 aromatic rings. The van der Waals surface area contributed by atoms with Gasteiger partial charge in [-0.2, -0.15) is 0 Å². The second-order valence-corrected chi connectivity index (χ2v) is 3.98. The van der Waals surface area contributed by atoms with E-state index in [0.717, 1.165) is 18.3 Å². The van der Waals surface area contributed by atoms with Crippen LogP contribution in [0.4, 0.5) is 0 Å². The SMILES string of the molecule is Cc1cccc(C)c1OCC1CC1. The molecule has 0 unspecified atom stereocenters. The summed E-state index contributed by atoms with van der Waals surface area (Å²) in [7, 11) is 0. The Morgan fingerprint density at radius 2 is 1.85 bits per heavy atom. The molecular weight excluding hydrogens is 160 g/mol. The van der Waals surface area contributed by atoms with Gasteiger partial charge in [-0.25, -0.2) is 0 Å². The highest BCUT2D eigenvalue weighted by Gasteiger charge is 2.22. The molecule has 0 atom stereocenters. The van der Waals surface area contributed by atoms with Crippen LogP contribution in [0.15, 0.2) is 18.2 Å². The molecule has 1 aromatic carbocycles. The summed E-state index contributed by atoms with van der Waals surface area (Å²) in [5.41, 5.74) is 2.50. The summed E-state index contributed by atoms with van der Waals surface area (Å²) in [6, 6.07) is 6.29. The molecule has 0 spiro atoms. The minimum atomic E-state index is 0.832. The largest absolute Gasteiger partial charge is 0.493 e. The molecule has 1 nitrogen and oxygen atoms in total. The van der Waals surface area contributed by atoms with Crippen LogP contribution in [0.1, 0.15) is 24.0 Å². The number of ether oxygens (including phenoxy) is 1. The molecule has 0 bridgehead atoms. The molecule has 0 radical (unpaired) electrons. The summed E-state index contributed by atoms with van der Waals surface area (Å²) in [5, 5.41) is 0. The Morgan fingerprint density at radius 3 is 2.38 bits per heavy atom. The lowest BCUT2D eigenvalue weighted by molar-refractivity contribution is 0.296. The van der Waals surface area contributed by atoms with Crippen LogP contribution in [0.5, 0.6) is 5.75 Å². The highest BCUT2D eigenvalue weighted by atomic mass is 16.5. The monoisotopic (exact) mass is 176 g/mol. The van der Waals surface area contributed by atoms with E-state index in [1.165, 1.54) is 24.0 Å². The van der Waals surface area contributed by atoms with Crippen LogP contribution < -0.4 is 4.74 Å². The number of rotatable bonds is 3. The van der Waals surface area contributed by atoms with Gasteiger partial charge in [0.2, 0.25) is 0 Å². The maximum absolute atomic E-state index is 5.79. The first-order chi connectivity index (χ1) is 6.27. The Balaban J connectivity index is 2.07. The number of hydrogen-bond acceptors (Lipinski definition) is 1. The molecule has 0 saturated heterocycles. The van der Waals surface area contributed by atoms with Gasteiger partial charge in [0.15, 0.2) is 0 Å². The first kappa shape index (κ1) is 8.61. The minimum Gasteiger partial charge on any atom is -0.493 e. The summed E-state index contributed by atoms with van der Waals surface area (Å²) in [5.74, 6) is 1.92. The number of benzene rings is 1. The van der Waals surface area contributed by atoms with Gasteiger partial charge in [-0.05, 0) is 43.7 Å². The molecule has 0 amide bonds. The second kappa shape index (κ2) is 3.41. The molecule has 0 heterocycles. The zero-order valence-corrected chi connectivity index (χ0v) is 8.34. The fraction of sp³-hybridized carbons (Fsp3) is 0.500. The van der Waals surface area contributed by atoms with E-state index < -0.39 is 0 Å². The normalized spacial score (nSPS) is 15.8. The summed E-state index contributed by atoms with van der Waals surface area (Å²) < 4.78 is 5.79. The topological polar surface area (TPSA) is 9.23 Å². The van der Waals surface area contributed by atoms with E-state index in [9.17, 15) is 0 Å². The third kappa shape index (κ3) is 2.03. The highest BCUT2D eigenvalue weighted by molar-refractivity contribution is 5.39. The fourth-order valence-electron chi connectivity index (χ4n) is 1.51. The molecule has 1 aliphatic rings. The molecule has 0 aliphatic heterocycles. The van der Waals surface area contributed by atoms with Gasteiger partial charge in [0.1, 0.15) is 5.75 Å². The number of aryl methyl sites for hydroxylation is 2. The van der Waals surface area contributed by atoms with Gasteiger partial charge in [-0.15, -0.1) is 0 Å². The van der Waals surface area contributed by atoms with Crippen molar-refractivity contribution < 1.29 is 4.74 Å². The smallest absolute Gasteiger partial charge is 0.125 e. The molecule has 1 heteroatoms. The van der Waals surface area contributed by atoms with E-state index >= 15 is 0 Å². The van der Waals surface area contributed by atoms with Crippen LogP contribution in [-0.4, -0.2) is 6.61 Å². The predicted octanol–water partition coefficient (Wildman–Crippen LogP) is 3.09. The van der Waals surface area contributed by atoms with Gasteiger partial charge in [0, 0.05) is 0 Å². The minimum absolute atomic E-state index is 0.832. The lowest BCUT2D eigenvalue weighted by Crippen LogP contribution is -2.01. The molecule has 70 valence electrons. The van der Waals surface area contributed by atoms with Crippen LogP contribution in [-0.2, 0) is 0 Å². The van der Waals surface area contributed by atoms with Gasteiger partial charge in [-0.1, -0.05) is 18.2 Å². The van der Waals surface area contributed by atoms with Crippen molar-refractivity contribution in [3.05, 3.63) is 29.3 Å². The van der Waals surface area contributed by atoms with Crippen LogP contribution in [0.2, 0.25) is 0 Å². The summed E-state index contributed by atoms with van der Waals surface area (Å²) in [6.07, 6.45) is 2.70. The molecule has 1 aliphatic carbocycles. The zero-order valence-electron chi connectivity index (χ0n) is 8.34. The average Bonchev–Trinajstić information content (AvgIpc) is 2.87. The van der Waals surface area contributed by atoms with Crippen molar-refractivity contribution >= 4 is 0 Å². The van der Waals surface area contributed by atoms with Crippen LogP contribution >= 0.6 is 0 Å². The van der Waals surface area contributed by atoms with Gasteiger partial charge in [-0.3, -0.25) is 0 Å². The summed E-state index contributed by atoms with van der Waals surface area (Å²) in [6.45, 7) is 5.12. The standard InChI is InChI=1S/C12H16O/c1-9-4-3-5-10(2)12(9)13-8-11-6-7-11/h3-5,11H,6-8H2,1-2H3. The third-order valence-corrected chi connectivity index (χ3v) is 2.57. The van der Waals surface area contributed by atoms with E-state index in [0.29, 0.717) is 0 Å². The molecule has 13 heavy (non-hydrogen) atoms. The fourth-order valence-corrected chi connectivity index (χ4v) is 1.51. The molecule has 0 aromatic heterocycles. The van der Waals surface area contributed by atoms with Crippen molar-refractivity contribution in [1.82, 2.24) is 0 Å². The first-order valence-electron chi connectivity index (χ1n) is 4.96. The van der Waals surface area contributed by atoms with Crippen molar-refractivity contribution in [2.45, 2.75) is 26.7 Å². The van der Waals surface area contributed by atoms with Crippen LogP contribution in [0, 0.1) is 19.8 Å². The zero-order chi connectivity index (χ0) is 9.26. The number of para-hydroxylation sites is 1. The van der Waals surface area contributed by atoms with Crippen molar-refractivity contribution in [1.29, 1.82) is 0 Å². The van der Waals surface area contributed by atoms with Gasteiger partial charge in [0.05, 0.1) is 6.61 Å². The molecule has 1 fully saturated rings. The molecule has 2 rings (SSSR count). The van der Waals surface area contributed by atoms with Crippen molar-refractivity contribution in [2.24, 2.45) is 5.92 Å². The van der Waals surface area contributed by atoms with Crippen LogP contribution in [0.3, 0.4) is 0 Å². The average molecular weight is 176 g/mol. The van der Waals surface area contributed by atoms with E-state index in [2.05, 4.69) is 32.0 Å². The van der Waals surface area contributed by atoms with Crippen molar-refractivity contribution in [2.75, 3.05) is 6.61 Å². The van der Waals surface area contributed by atoms with Crippen molar-refractivity contribution in [3.8, 4) is 5.75 Å². The van der Waals surface area contributed by atoms with E-state index in [4.69, 9.17) is 4.74 Å². The Hall–Kier alpha value is -0.980. The van der Waals surface area contributed by atoms with E-state index in [1.807, 2.05) is 0 Å². The van der Waals surface area contributed by atoms with E-state index in [1.54, 1.807) is 0 Å². The maximum Gasteiger partial charge on any atom is 0.125 e. The Morgan fingerprint density at radius 1 is 1.23 bits per heavy atom. The Kier molecular flexibility index (Phi) is 2.26. The summed E-state index contributed by atoms with van der Waals surface area (Å²) in [4.78, 5) is 0. The Labute approximate surface area is 79.7 Å².